The van der Waals surface area contributed by atoms with Crippen molar-refractivity contribution < 1.29 is 4.79 Å². The molecule has 1 heterocycles. The van der Waals surface area contributed by atoms with Gasteiger partial charge in [0, 0.05) is 5.56 Å². The van der Waals surface area contributed by atoms with Gasteiger partial charge in [-0.05, 0) is 11.6 Å². The first kappa shape index (κ1) is 14.5. The lowest BCUT2D eigenvalue weighted by molar-refractivity contribution is 0.103. The molecule has 0 spiro atoms. The van der Waals surface area contributed by atoms with Gasteiger partial charge in [0.25, 0.3) is 5.56 Å². The van der Waals surface area contributed by atoms with E-state index in [0.717, 1.165) is 5.56 Å². The molecule has 1 aromatic heterocycles. The zero-order valence-corrected chi connectivity index (χ0v) is 12.1. The van der Waals surface area contributed by atoms with Gasteiger partial charge >= 0.3 is 0 Å². The van der Waals surface area contributed by atoms with Gasteiger partial charge in [0.15, 0.2) is 5.78 Å². The number of rotatable bonds is 3. The van der Waals surface area contributed by atoms with Gasteiger partial charge in [0.1, 0.15) is 6.07 Å². The van der Waals surface area contributed by atoms with Crippen LogP contribution in [0, 0.1) is 11.3 Å². The largest absolute Gasteiger partial charge is 0.320 e. The smallest absolute Gasteiger partial charge is 0.259 e. The molecular weight excluding hydrogens is 288 g/mol. The Morgan fingerprint density at radius 3 is 2.17 bits per heavy atom. The lowest BCUT2D eigenvalue weighted by Gasteiger charge is -2.07. The van der Waals surface area contributed by atoms with E-state index in [1.165, 1.54) is 6.07 Å². The Morgan fingerprint density at radius 2 is 1.57 bits per heavy atom. The van der Waals surface area contributed by atoms with Gasteiger partial charge in [-0.1, -0.05) is 60.7 Å². The Labute approximate surface area is 132 Å². The molecule has 23 heavy (non-hydrogen) atoms. The van der Waals surface area contributed by atoms with Crippen LogP contribution in [-0.4, -0.2) is 10.8 Å². The minimum atomic E-state index is -0.503. The molecule has 4 nitrogen and oxygen atoms in total. The van der Waals surface area contributed by atoms with Gasteiger partial charge in [-0.3, -0.25) is 9.59 Å². The lowest BCUT2D eigenvalue weighted by Crippen LogP contribution is -2.19. The number of carbonyl (C=O) groups is 1. The van der Waals surface area contributed by atoms with Crippen molar-refractivity contribution in [3.8, 4) is 17.3 Å². The topological polar surface area (TPSA) is 73.7 Å². The number of H-pyrrole nitrogens is 1. The highest BCUT2D eigenvalue weighted by Crippen LogP contribution is 2.20. The summed E-state index contributed by atoms with van der Waals surface area (Å²) in [6.45, 7) is 0. The molecule has 0 radical (unpaired) electrons. The normalized spacial score (nSPS) is 10.0. The van der Waals surface area contributed by atoms with Crippen molar-refractivity contribution in [2.75, 3.05) is 0 Å². The fourth-order valence-electron chi connectivity index (χ4n) is 2.36. The molecule has 3 rings (SSSR count). The van der Waals surface area contributed by atoms with Gasteiger partial charge in [-0.15, -0.1) is 0 Å². The average Bonchev–Trinajstić information content (AvgIpc) is 2.62. The van der Waals surface area contributed by atoms with Crippen molar-refractivity contribution in [1.82, 2.24) is 4.98 Å². The summed E-state index contributed by atoms with van der Waals surface area (Å²) >= 11 is 0. The van der Waals surface area contributed by atoms with E-state index in [2.05, 4.69) is 4.98 Å². The van der Waals surface area contributed by atoms with E-state index < -0.39 is 11.3 Å². The first-order valence-corrected chi connectivity index (χ1v) is 7.03. The second kappa shape index (κ2) is 6.12. The van der Waals surface area contributed by atoms with E-state index in [-0.39, 0.29) is 11.1 Å². The van der Waals surface area contributed by atoms with Crippen LogP contribution in [0.1, 0.15) is 21.5 Å². The number of nitrogens with zero attached hydrogens (tertiary/aromatic N) is 1. The van der Waals surface area contributed by atoms with Crippen LogP contribution < -0.4 is 5.56 Å². The number of benzene rings is 2. The van der Waals surface area contributed by atoms with Crippen molar-refractivity contribution in [3.63, 3.8) is 0 Å². The third-order valence-electron chi connectivity index (χ3n) is 3.50. The number of hydrogen-bond donors (Lipinski definition) is 1. The number of ketones is 1. The molecule has 3 aromatic rings. The Bertz CT molecular complexity index is 952. The Morgan fingerprint density at radius 1 is 0.957 bits per heavy atom. The van der Waals surface area contributed by atoms with Gasteiger partial charge in [-0.25, -0.2) is 0 Å². The van der Waals surface area contributed by atoms with E-state index in [4.69, 9.17) is 0 Å². The number of hydrogen-bond acceptors (Lipinski definition) is 3. The molecule has 4 heteroatoms. The SMILES string of the molecule is N#Cc1cc(C(=O)c2ccccc2)c(=O)[nH]c1-c1ccccc1. The quantitative estimate of drug-likeness (QED) is 0.755. The van der Waals surface area contributed by atoms with Crippen LogP contribution in [0.25, 0.3) is 11.3 Å². The number of pyridine rings is 1. The van der Waals surface area contributed by atoms with Gasteiger partial charge in [0.05, 0.1) is 16.8 Å². The minimum Gasteiger partial charge on any atom is -0.320 e. The summed E-state index contributed by atoms with van der Waals surface area (Å²) in [7, 11) is 0. The fraction of sp³-hybridized carbons (Fsp3) is 0. The van der Waals surface area contributed by atoms with Crippen LogP contribution in [-0.2, 0) is 0 Å². The molecule has 0 aliphatic heterocycles. The molecule has 1 N–H and O–H groups in total. The number of aromatic amines is 1. The van der Waals surface area contributed by atoms with Crippen molar-refractivity contribution in [1.29, 1.82) is 5.26 Å². The molecular formula is C19H12N2O2. The Hall–Kier alpha value is -3.45. The maximum absolute atomic E-state index is 12.5. The lowest BCUT2D eigenvalue weighted by atomic mass is 10.00. The molecule has 0 aliphatic rings. The number of nitriles is 1. The summed E-state index contributed by atoms with van der Waals surface area (Å²) in [6.07, 6.45) is 0. The number of nitrogens with one attached hydrogen (secondary N) is 1. The predicted molar refractivity (Wildman–Crippen MR) is 87.1 cm³/mol. The standard InChI is InChI=1S/C19H12N2O2/c20-12-15-11-16(18(22)14-9-5-2-6-10-14)19(23)21-17(15)13-7-3-1-4-8-13/h1-11H,(H,21,23). The molecule has 0 atom stereocenters. The monoisotopic (exact) mass is 300 g/mol. The first-order valence-electron chi connectivity index (χ1n) is 7.03. The number of aromatic nitrogens is 1. The highest BCUT2D eigenvalue weighted by Gasteiger charge is 2.17. The van der Waals surface area contributed by atoms with Gasteiger partial charge in [-0.2, -0.15) is 5.26 Å². The molecule has 0 saturated heterocycles. The van der Waals surface area contributed by atoms with E-state index >= 15 is 0 Å². The van der Waals surface area contributed by atoms with Gasteiger partial charge in [0.2, 0.25) is 0 Å². The molecule has 0 unspecified atom stereocenters. The Balaban J connectivity index is 2.14. The summed E-state index contributed by atoms with van der Waals surface area (Å²) in [4.78, 5) is 27.4. The van der Waals surface area contributed by atoms with Crippen molar-refractivity contribution in [2.45, 2.75) is 0 Å². The van der Waals surface area contributed by atoms with Crippen LogP contribution in [0.5, 0.6) is 0 Å². The zero-order valence-electron chi connectivity index (χ0n) is 12.1. The highest BCUT2D eigenvalue weighted by molar-refractivity contribution is 6.09. The molecule has 0 saturated carbocycles. The Kier molecular flexibility index (Phi) is 3.86. The molecule has 0 aliphatic carbocycles. The minimum absolute atomic E-state index is 0.0348. The maximum Gasteiger partial charge on any atom is 0.259 e. The molecule has 110 valence electrons. The van der Waals surface area contributed by atoms with Crippen LogP contribution in [0.2, 0.25) is 0 Å². The van der Waals surface area contributed by atoms with Crippen LogP contribution in [0.15, 0.2) is 71.5 Å². The zero-order chi connectivity index (χ0) is 16.2. The summed E-state index contributed by atoms with van der Waals surface area (Å²) in [5.74, 6) is -0.400. The van der Waals surface area contributed by atoms with E-state index in [0.29, 0.717) is 11.3 Å². The summed E-state index contributed by atoms with van der Waals surface area (Å²) in [6, 6.07) is 21.0. The van der Waals surface area contributed by atoms with E-state index in [1.54, 1.807) is 42.5 Å². The van der Waals surface area contributed by atoms with Crippen LogP contribution in [0.3, 0.4) is 0 Å². The van der Waals surface area contributed by atoms with Crippen LogP contribution >= 0.6 is 0 Å². The van der Waals surface area contributed by atoms with Gasteiger partial charge < -0.3 is 4.98 Å². The second-order valence-corrected chi connectivity index (χ2v) is 4.97. The average molecular weight is 300 g/mol. The van der Waals surface area contributed by atoms with E-state index in [1.807, 2.05) is 24.3 Å². The highest BCUT2D eigenvalue weighted by atomic mass is 16.1. The molecule has 0 fully saturated rings. The molecule has 0 bridgehead atoms. The molecule has 2 aromatic carbocycles. The van der Waals surface area contributed by atoms with Crippen molar-refractivity contribution in [3.05, 3.63) is 93.8 Å². The van der Waals surface area contributed by atoms with E-state index in [9.17, 15) is 14.9 Å². The summed E-state index contributed by atoms with van der Waals surface area (Å²) in [5.41, 5.74) is 1.27. The molecule has 0 amide bonds. The van der Waals surface area contributed by atoms with Crippen molar-refractivity contribution in [2.24, 2.45) is 0 Å². The fourth-order valence-corrected chi connectivity index (χ4v) is 2.36. The summed E-state index contributed by atoms with van der Waals surface area (Å²) in [5, 5.41) is 9.36. The van der Waals surface area contributed by atoms with Crippen molar-refractivity contribution >= 4 is 5.78 Å². The first-order chi connectivity index (χ1) is 11.2. The second-order valence-electron chi connectivity index (χ2n) is 4.97. The number of carbonyl (C=O) groups excluding carboxylic acids is 1. The third kappa shape index (κ3) is 2.81. The third-order valence-corrected chi connectivity index (χ3v) is 3.50. The summed E-state index contributed by atoms with van der Waals surface area (Å²) < 4.78 is 0. The predicted octanol–water partition coefficient (Wildman–Crippen LogP) is 3.14. The van der Waals surface area contributed by atoms with Crippen LogP contribution in [0.4, 0.5) is 0 Å². The maximum atomic E-state index is 12.5.